The Kier molecular flexibility index (Phi) is 6.08. The number of hydrogen-bond acceptors (Lipinski definition) is 3. The molecule has 1 amide bonds. The fourth-order valence-electron chi connectivity index (χ4n) is 2.00. The monoisotopic (exact) mass is 226 g/mol. The molecule has 4 nitrogen and oxygen atoms in total. The van der Waals surface area contributed by atoms with Crippen molar-refractivity contribution in [2.24, 2.45) is 5.73 Å². The van der Waals surface area contributed by atoms with E-state index in [4.69, 9.17) is 5.73 Å². The molecule has 2 N–H and O–H groups in total. The number of hydrogen-bond donors (Lipinski definition) is 1. The van der Waals surface area contributed by atoms with Crippen LogP contribution < -0.4 is 5.73 Å². The highest BCUT2D eigenvalue weighted by atomic mass is 16.2. The molecule has 1 fully saturated rings. The van der Waals surface area contributed by atoms with Gasteiger partial charge in [0.2, 0.25) is 5.91 Å². The van der Waals surface area contributed by atoms with E-state index in [1.165, 1.54) is 19.3 Å². The number of rotatable bonds is 8. The summed E-state index contributed by atoms with van der Waals surface area (Å²) in [5.74, 6) is 0.0704. The molecule has 4 heteroatoms. The highest BCUT2D eigenvalue weighted by molar-refractivity contribution is 6.05. The lowest BCUT2D eigenvalue weighted by Crippen LogP contribution is -2.26. The quantitative estimate of drug-likeness (QED) is 0.497. The van der Waals surface area contributed by atoms with Gasteiger partial charge in [-0.25, -0.2) is 0 Å². The zero-order valence-corrected chi connectivity index (χ0v) is 9.91. The normalized spacial score (nSPS) is 16.2. The summed E-state index contributed by atoms with van der Waals surface area (Å²) in [4.78, 5) is 24.0. The van der Waals surface area contributed by atoms with E-state index < -0.39 is 0 Å². The second-order valence-corrected chi connectivity index (χ2v) is 4.44. The molecule has 0 radical (unpaired) electrons. The molecule has 0 atom stereocenters. The van der Waals surface area contributed by atoms with E-state index in [-0.39, 0.29) is 18.1 Å². The Labute approximate surface area is 97.2 Å². The fourth-order valence-corrected chi connectivity index (χ4v) is 2.00. The zero-order valence-electron chi connectivity index (χ0n) is 9.91. The van der Waals surface area contributed by atoms with Crippen LogP contribution in [0.2, 0.25) is 0 Å². The first-order chi connectivity index (χ1) is 7.74. The molecular weight excluding hydrogens is 204 g/mol. The van der Waals surface area contributed by atoms with Crippen molar-refractivity contribution >= 4 is 11.7 Å². The number of nitrogens with two attached hydrogens (primary N) is 1. The Morgan fingerprint density at radius 3 is 2.19 bits per heavy atom. The van der Waals surface area contributed by atoms with Crippen molar-refractivity contribution in [3.63, 3.8) is 0 Å². The Morgan fingerprint density at radius 2 is 1.62 bits per heavy atom. The van der Waals surface area contributed by atoms with Gasteiger partial charge in [-0.05, 0) is 19.4 Å². The van der Waals surface area contributed by atoms with Crippen LogP contribution in [-0.2, 0) is 9.59 Å². The van der Waals surface area contributed by atoms with Crippen molar-refractivity contribution in [3.05, 3.63) is 0 Å². The van der Waals surface area contributed by atoms with Gasteiger partial charge < -0.3 is 10.6 Å². The van der Waals surface area contributed by atoms with Crippen LogP contribution in [0.25, 0.3) is 0 Å². The van der Waals surface area contributed by atoms with Gasteiger partial charge in [0, 0.05) is 6.54 Å². The molecular formula is C12H22N2O2. The van der Waals surface area contributed by atoms with Crippen LogP contribution in [0.15, 0.2) is 0 Å². The van der Waals surface area contributed by atoms with Crippen LogP contribution >= 0.6 is 0 Å². The van der Waals surface area contributed by atoms with Crippen molar-refractivity contribution in [2.45, 2.75) is 44.9 Å². The molecule has 1 rings (SSSR count). The predicted molar refractivity (Wildman–Crippen MR) is 63.0 cm³/mol. The standard InChI is InChI=1S/C12H22N2O2/c13-7-5-3-1-2-4-6-8-14-10-11(15)9-12(14)16/h1-10,13H2. The zero-order chi connectivity index (χ0) is 11.8. The minimum Gasteiger partial charge on any atom is -0.335 e. The number of ketones is 1. The average Bonchev–Trinajstić information content (AvgIpc) is 2.56. The van der Waals surface area contributed by atoms with Crippen molar-refractivity contribution < 1.29 is 9.59 Å². The number of nitrogens with zero attached hydrogens (tertiary/aromatic N) is 1. The minimum absolute atomic E-state index is 0.00753. The molecule has 1 aliphatic heterocycles. The van der Waals surface area contributed by atoms with E-state index in [1.54, 1.807) is 4.90 Å². The summed E-state index contributed by atoms with van der Waals surface area (Å²) in [6.07, 6.45) is 7.03. The van der Waals surface area contributed by atoms with Crippen LogP contribution in [0.3, 0.4) is 0 Å². The number of carbonyl (C=O) groups is 2. The molecule has 0 saturated carbocycles. The molecule has 0 unspecified atom stereocenters. The van der Waals surface area contributed by atoms with Gasteiger partial charge in [-0.3, -0.25) is 9.59 Å². The summed E-state index contributed by atoms with van der Waals surface area (Å²) in [6.45, 7) is 1.87. The number of Topliss-reactive ketones (excluding diaryl/α,β-unsaturated/α-hetero) is 1. The van der Waals surface area contributed by atoms with Gasteiger partial charge in [-0.1, -0.05) is 25.7 Å². The summed E-state index contributed by atoms with van der Waals surface area (Å²) < 4.78 is 0. The first-order valence-electron chi connectivity index (χ1n) is 6.23. The van der Waals surface area contributed by atoms with Crippen molar-refractivity contribution in [2.75, 3.05) is 19.6 Å². The molecule has 0 aromatic rings. The van der Waals surface area contributed by atoms with E-state index >= 15 is 0 Å². The maximum absolute atomic E-state index is 11.3. The molecule has 1 saturated heterocycles. The average molecular weight is 226 g/mol. The van der Waals surface area contributed by atoms with Gasteiger partial charge in [0.05, 0.1) is 13.0 Å². The van der Waals surface area contributed by atoms with E-state index in [9.17, 15) is 9.59 Å². The lowest BCUT2D eigenvalue weighted by atomic mass is 10.1. The van der Waals surface area contributed by atoms with E-state index in [1.807, 2.05) is 0 Å². The van der Waals surface area contributed by atoms with Crippen molar-refractivity contribution in [3.8, 4) is 0 Å². The third kappa shape index (κ3) is 4.75. The van der Waals surface area contributed by atoms with Crippen LogP contribution in [0.4, 0.5) is 0 Å². The molecule has 0 aliphatic carbocycles. The smallest absolute Gasteiger partial charge is 0.230 e. The van der Waals surface area contributed by atoms with Gasteiger partial charge in [0.15, 0.2) is 5.78 Å². The third-order valence-corrected chi connectivity index (χ3v) is 2.95. The van der Waals surface area contributed by atoms with Crippen LogP contribution in [0.5, 0.6) is 0 Å². The fraction of sp³-hybridized carbons (Fsp3) is 0.833. The summed E-state index contributed by atoms with van der Waals surface area (Å²) in [6, 6.07) is 0. The maximum atomic E-state index is 11.3. The van der Waals surface area contributed by atoms with E-state index in [2.05, 4.69) is 0 Å². The molecule has 0 aromatic carbocycles. The van der Waals surface area contributed by atoms with Crippen molar-refractivity contribution in [1.82, 2.24) is 4.90 Å². The summed E-state index contributed by atoms with van der Waals surface area (Å²) in [7, 11) is 0. The number of unbranched alkanes of at least 4 members (excludes halogenated alkanes) is 5. The first-order valence-corrected chi connectivity index (χ1v) is 6.23. The molecule has 0 aromatic heterocycles. The van der Waals surface area contributed by atoms with E-state index in [0.717, 1.165) is 32.4 Å². The first kappa shape index (κ1) is 13.2. The molecule has 92 valence electrons. The minimum atomic E-state index is 0.00753. The lowest BCUT2D eigenvalue weighted by molar-refractivity contribution is -0.127. The molecule has 1 heterocycles. The SMILES string of the molecule is NCCCCCCCCN1CC(=O)CC1=O. The second-order valence-electron chi connectivity index (χ2n) is 4.44. The van der Waals surface area contributed by atoms with Gasteiger partial charge in [-0.15, -0.1) is 0 Å². The van der Waals surface area contributed by atoms with Crippen molar-refractivity contribution in [1.29, 1.82) is 0 Å². The van der Waals surface area contributed by atoms with E-state index in [0.29, 0.717) is 6.54 Å². The molecule has 0 spiro atoms. The predicted octanol–water partition coefficient (Wildman–Crippen LogP) is 1.09. The highest BCUT2D eigenvalue weighted by Gasteiger charge is 2.26. The van der Waals surface area contributed by atoms with Crippen LogP contribution in [-0.4, -0.2) is 36.2 Å². The Balaban J connectivity index is 1.95. The number of amides is 1. The van der Waals surface area contributed by atoms with Gasteiger partial charge >= 0.3 is 0 Å². The third-order valence-electron chi connectivity index (χ3n) is 2.95. The highest BCUT2D eigenvalue weighted by Crippen LogP contribution is 2.10. The lowest BCUT2D eigenvalue weighted by Gasteiger charge is -2.13. The Bertz CT molecular complexity index is 241. The number of carbonyl (C=O) groups excluding carboxylic acids is 2. The number of likely N-dealkylation sites (tertiary alicyclic amines) is 1. The molecule has 0 bridgehead atoms. The largest absolute Gasteiger partial charge is 0.335 e. The van der Waals surface area contributed by atoms with Gasteiger partial charge in [0.1, 0.15) is 0 Å². The second kappa shape index (κ2) is 7.39. The summed E-state index contributed by atoms with van der Waals surface area (Å²) in [5.41, 5.74) is 5.40. The maximum Gasteiger partial charge on any atom is 0.230 e. The molecule has 1 aliphatic rings. The van der Waals surface area contributed by atoms with Gasteiger partial charge in [-0.2, -0.15) is 0 Å². The molecule has 16 heavy (non-hydrogen) atoms. The van der Waals surface area contributed by atoms with Gasteiger partial charge in [0.25, 0.3) is 0 Å². The topological polar surface area (TPSA) is 63.4 Å². The summed E-state index contributed by atoms with van der Waals surface area (Å²) >= 11 is 0. The van der Waals surface area contributed by atoms with Crippen LogP contribution in [0.1, 0.15) is 44.9 Å². The van der Waals surface area contributed by atoms with Crippen LogP contribution in [0, 0.1) is 0 Å². The Hall–Kier alpha value is -0.900. The Morgan fingerprint density at radius 1 is 1.00 bits per heavy atom. The summed E-state index contributed by atoms with van der Waals surface area (Å²) in [5, 5.41) is 0.